The maximum Gasteiger partial charge on any atom is 0.0323 e. The molecule has 1 atom stereocenters. The number of benzene rings is 1. The molecule has 0 bridgehead atoms. The van der Waals surface area contributed by atoms with Crippen LogP contribution in [0.4, 0.5) is 0 Å². The highest BCUT2D eigenvalue weighted by Crippen LogP contribution is 2.25. The van der Waals surface area contributed by atoms with Gasteiger partial charge in [-0.15, -0.1) is 0 Å². The van der Waals surface area contributed by atoms with Gasteiger partial charge in [0.1, 0.15) is 0 Å². The second-order valence-corrected chi connectivity index (χ2v) is 5.84. The van der Waals surface area contributed by atoms with E-state index in [0.29, 0.717) is 6.04 Å². The lowest BCUT2D eigenvalue weighted by molar-refractivity contribution is 0.439. The van der Waals surface area contributed by atoms with E-state index in [1.807, 2.05) is 0 Å². The van der Waals surface area contributed by atoms with Crippen molar-refractivity contribution in [3.8, 4) is 0 Å². The molecule has 1 aromatic carbocycles. The molecule has 1 N–H and O–H groups in total. The fourth-order valence-electron chi connectivity index (χ4n) is 2.32. The summed E-state index contributed by atoms with van der Waals surface area (Å²) in [5.74, 6) is 0.779. The first-order chi connectivity index (χ1) is 8.54. The second kappa shape index (κ2) is 7.58. The van der Waals surface area contributed by atoms with Crippen LogP contribution in [0.5, 0.6) is 0 Å². The number of hydrogen-bond donors (Lipinski definition) is 1. The Morgan fingerprint density at radius 2 is 1.83 bits per heavy atom. The highest BCUT2D eigenvalue weighted by Gasteiger charge is 2.13. The first-order valence-electron chi connectivity index (χ1n) is 7.35. The van der Waals surface area contributed by atoms with E-state index in [9.17, 15) is 0 Å². The first-order valence-corrected chi connectivity index (χ1v) is 7.35. The Kier molecular flexibility index (Phi) is 6.42. The first kappa shape index (κ1) is 15.2. The molecule has 1 unspecified atom stereocenters. The largest absolute Gasteiger partial charge is 0.310 e. The van der Waals surface area contributed by atoms with Crippen LogP contribution in [-0.4, -0.2) is 6.54 Å². The molecule has 1 aromatic rings. The summed E-state index contributed by atoms with van der Waals surface area (Å²) in [6.07, 6.45) is 3.72. The van der Waals surface area contributed by atoms with E-state index in [4.69, 9.17) is 0 Å². The van der Waals surface area contributed by atoms with Gasteiger partial charge in [0.25, 0.3) is 0 Å². The standard InChI is InChI=1S/C17H29N/c1-6-11-18-17(10-7-13(2)3)16-12-14(4)8-9-15(16)5/h8-9,12-13,17-18H,6-7,10-11H2,1-5H3. The van der Waals surface area contributed by atoms with Crippen LogP contribution in [0.1, 0.15) is 62.8 Å². The molecular formula is C17H29N. The molecule has 0 aliphatic rings. The number of rotatable bonds is 7. The van der Waals surface area contributed by atoms with Gasteiger partial charge in [-0.05, 0) is 56.7 Å². The van der Waals surface area contributed by atoms with Gasteiger partial charge in [-0.1, -0.05) is 44.5 Å². The number of nitrogens with one attached hydrogen (secondary N) is 1. The van der Waals surface area contributed by atoms with Crippen LogP contribution in [0.3, 0.4) is 0 Å². The molecule has 0 saturated carbocycles. The van der Waals surface area contributed by atoms with Crippen molar-refractivity contribution in [3.05, 3.63) is 34.9 Å². The Hall–Kier alpha value is -0.820. The second-order valence-electron chi connectivity index (χ2n) is 5.84. The van der Waals surface area contributed by atoms with Crippen molar-refractivity contribution in [1.82, 2.24) is 5.32 Å². The maximum absolute atomic E-state index is 3.71. The minimum absolute atomic E-state index is 0.521. The smallest absolute Gasteiger partial charge is 0.0323 e. The fraction of sp³-hybridized carbons (Fsp3) is 0.647. The summed E-state index contributed by atoms with van der Waals surface area (Å²) in [7, 11) is 0. The van der Waals surface area contributed by atoms with Crippen molar-refractivity contribution < 1.29 is 0 Å². The lowest BCUT2D eigenvalue weighted by atomic mass is 9.93. The van der Waals surface area contributed by atoms with E-state index in [-0.39, 0.29) is 0 Å². The molecule has 0 fully saturated rings. The SMILES string of the molecule is CCCNC(CCC(C)C)c1cc(C)ccc1C. The van der Waals surface area contributed by atoms with E-state index in [2.05, 4.69) is 58.1 Å². The van der Waals surface area contributed by atoms with Crippen LogP contribution in [-0.2, 0) is 0 Å². The maximum atomic E-state index is 3.71. The van der Waals surface area contributed by atoms with Gasteiger partial charge >= 0.3 is 0 Å². The lowest BCUT2D eigenvalue weighted by Crippen LogP contribution is -2.23. The minimum Gasteiger partial charge on any atom is -0.310 e. The molecular weight excluding hydrogens is 218 g/mol. The summed E-state index contributed by atoms with van der Waals surface area (Å²) in [4.78, 5) is 0. The summed E-state index contributed by atoms with van der Waals surface area (Å²) in [5, 5.41) is 3.71. The van der Waals surface area contributed by atoms with Gasteiger partial charge in [-0.2, -0.15) is 0 Å². The highest BCUT2D eigenvalue weighted by atomic mass is 14.9. The van der Waals surface area contributed by atoms with Crippen molar-refractivity contribution in [2.24, 2.45) is 5.92 Å². The molecule has 0 aliphatic heterocycles. The molecule has 0 amide bonds. The molecule has 1 rings (SSSR count). The van der Waals surface area contributed by atoms with Crippen LogP contribution >= 0.6 is 0 Å². The molecule has 0 spiro atoms. The summed E-state index contributed by atoms with van der Waals surface area (Å²) >= 11 is 0. The Labute approximate surface area is 113 Å². The molecule has 0 saturated heterocycles. The number of hydrogen-bond acceptors (Lipinski definition) is 1. The molecule has 102 valence electrons. The lowest BCUT2D eigenvalue weighted by Gasteiger charge is -2.22. The molecule has 1 nitrogen and oxygen atoms in total. The zero-order valence-corrected chi connectivity index (χ0v) is 12.7. The summed E-state index contributed by atoms with van der Waals surface area (Å²) in [6, 6.07) is 7.33. The predicted octanol–water partition coefficient (Wildman–Crippen LogP) is 4.78. The monoisotopic (exact) mass is 247 g/mol. The van der Waals surface area contributed by atoms with Gasteiger partial charge in [-0.25, -0.2) is 0 Å². The van der Waals surface area contributed by atoms with Gasteiger partial charge in [0.2, 0.25) is 0 Å². The zero-order chi connectivity index (χ0) is 13.5. The number of aryl methyl sites for hydroxylation is 2. The van der Waals surface area contributed by atoms with E-state index in [0.717, 1.165) is 12.5 Å². The van der Waals surface area contributed by atoms with Crippen LogP contribution in [0.15, 0.2) is 18.2 Å². The van der Waals surface area contributed by atoms with Crippen molar-refractivity contribution in [2.75, 3.05) is 6.54 Å². The van der Waals surface area contributed by atoms with E-state index in [1.54, 1.807) is 0 Å². The van der Waals surface area contributed by atoms with Crippen LogP contribution < -0.4 is 5.32 Å². The third kappa shape index (κ3) is 4.81. The van der Waals surface area contributed by atoms with Gasteiger partial charge in [0, 0.05) is 6.04 Å². The fourth-order valence-corrected chi connectivity index (χ4v) is 2.32. The summed E-state index contributed by atoms with van der Waals surface area (Å²) < 4.78 is 0. The van der Waals surface area contributed by atoms with Gasteiger partial charge in [-0.3, -0.25) is 0 Å². The van der Waals surface area contributed by atoms with Crippen LogP contribution in [0, 0.1) is 19.8 Å². The van der Waals surface area contributed by atoms with Crippen molar-refractivity contribution >= 4 is 0 Å². The Morgan fingerprint density at radius 1 is 1.11 bits per heavy atom. The van der Waals surface area contributed by atoms with Crippen molar-refractivity contribution in [3.63, 3.8) is 0 Å². The highest BCUT2D eigenvalue weighted by molar-refractivity contribution is 5.33. The van der Waals surface area contributed by atoms with Gasteiger partial charge in [0.15, 0.2) is 0 Å². The Balaban J connectivity index is 2.82. The van der Waals surface area contributed by atoms with E-state index >= 15 is 0 Å². The molecule has 0 radical (unpaired) electrons. The zero-order valence-electron chi connectivity index (χ0n) is 12.7. The third-order valence-corrected chi connectivity index (χ3v) is 3.48. The average Bonchev–Trinajstić information content (AvgIpc) is 2.32. The predicted molar refractivity (Wildman–Crippen MR) is 81.0 cm³/mol. The third-order valence-electron chi connectivity index (χ3n) is 3.48. The summed E-state index contributed by atoms with van der Waals surface area (Å²) in [6.45, 7) is 12.4. The summed E-state index contributed by atoms with van der Waals surface area (Å²) in [5.41, 5.74) is 4.27. The topological polar surface area (TPSA) is 12.0 Å². The minimum atomic E-state index is 0.521. The Morgan fingerprint density at radius 3 is 2.44 bits per heavy atom. The van der Waals surface area contributed by atoms with E-state index < -0.39 is 0 Å². The van der Waals surface area contributed by atoms with Gasteiger partial charge in [0.05, 0.1) is 0 Å². The molecule has 0 aliphatic carbocycles. The average molecular weight is 247 g/mol. The molecule has 1 heteroatoms. The normalized spacial score (nSPS) is 13.0. The van der Waals surface area contributed by atoms with E-state index in [1.165, 1.54) is 36.0 Å². The van der Waals surface area contributed by atoms with Crippen LogP contribution in [0.2, 0.25) is 0 Å². The van der Waals surface area contributed by atoms with Crippen molar-refractivity contribution in [1.29, 1.82) is 0 Å². The quantitative estimate of drug-likeness (QED) is 0.731. The Bertz CT molecular complexity index is 355. The molecule has 18 heavy (non-hydrogen) atoms. The van der Waals surface area contributed by atoms with Crippen LogP contribution in [0.25, 0.3) is 0 Å². The molecule has 0 heterocycles. The molecule has 0 aromatic heterocycles. The van der Waals surface area contributed by atoms with Crippen molar-refractivity contribution in [2.45, 2.75) is 59.9 Å². The van der Waals surface area contributed by atoms with Gasteiger partial charge < -0.3 is 5.32 Å².